The van der Waals surface area contributed by atoms with Crippen LogP contribution in [0.2, 0.25) is 0 Å². The van der Waals surface area contributed by atoms with E-state index in [9.17, 15) is 13.2 Å². The van der Waals surface area contributed by atoms with E-state index in [1.165, 1.54) is 12.4 Å². The Hall–Kier alpha value is -2.61. The zero-order chi connectivity index (χ0) is 18.4. The molecule has 1 aromatic carbocycles. The van der Waals surface area contributed by atoms with E-state index >= 15 is 0 Å². The Bertz CT molecular complexity index is 850. The van der Waals surface area contributed by atoms with Crippen LogP contribution in [0.15, 0.2) is 47.6 Å². The molecule has 8 heteroatoms. The number of pyridine rings is 1. The molecule has 0 aliphatic heterocycles. The molecule has 0 spiro atoms. The van der Waals surface area contributed by atoms with Gasteiger partial charge in [-0.15, -0.1) is 0 Å². The van der Waals surface area contributed by atoms with Gasteiger partial charge < -0.3 is 10.6 Å². The summed E-state index contributed by atoms with van der Waals surface area (Å²) in [6.07, 6.45) is 2.70. The number of carbonyl (C=O) groups excluding carboxylic acids is 1. The molecule has 0 unspecified atom stereocenters. The maximum Gasteiger partial charge on any atom is 0.328 e. The Balaban J connectivity index is 2.17. The number of sulfonamides is 1. The summed E-state index contributed by atoms with van der Waals surface area (Å²) in [4.78, 5) is 15.5. The van der Waals surface area contributed by atoms with Gasteiger partial charge >= 0.3 is 6.03 Å². The van der Waals surface area contributed by atoms with Crippen LogP contribution in [0.4, 0.5) is 10.5 Å². The van der Waals surface area contributed by atoms with Gasteiger partial charge in [-0.2, -0.15) is 0 Å². The molecule has 0 aliphatic carbocycles. The second kappa shape index (κ2) is 7.98. The molecule has 2 aromatic rings. The van der Waals surface area contributed by atoms with Crippen LogP contribution < -0.4 is 15.4 Å². The molecular formula is C17H22N4O3S. The Labute approximate surface area is 147 Å². The van der Waals surface area contributed by atoms with E-state index in [0.717, 1.165) is 11.1 Å². The van der Waals surface area contributed by atoms with Crippen LogP contribution in [-0.2, 0) is 16.6 Å². The first-order valence-corrected chi connectivity index (χ1v) is 9.33. The number of hydrogen-bond donors (Lipinski definition) is 3. The van der Waals surface area contributed by atoms with Gasteiger partial charge in [0.2, 0.25) is 0 Å². The number of benzene rings is 1. The summed E-state index contributed by atoms with van der Waals surface area (Å²) in [7, 11) is -4.04. The average Bonchev–Trinajstić information content (AvgIpc) is 2.52. The maximum atomic E-state index is 12.5. The molecule has 7 nitrogen and oxygen atoms in total. The lowest BCUT2D eigenvalue weighted by Gasteiger charge is -2.14. The molecule has 1 aromatic heterocycles. The summed E-state index contributed by atoms with van der Waals surface area (Å²) < 4.78 is 26.9. The molecule has 0 radical (unpaired) electrons. The molecular weight excluding hydrogens is 340 g/mol. The Kier molecular flexibility index (Phi) is 5.97. The fourth-order valence-electron chi connectivity index (χ4n) is 2.23. The van der Waals surface area contributed by atoms with Crippen LogP contribution in [0.5, 0.6) is 0 Å². The molecule has 2 amide bonds. The van der Waals surface area contributed by atoms with Crippen molar-refractivity contribution in [2.24, 2.45) is 0 Å². The highest BCUT2D eigenvalue weighted by Gasteiger charge is 2.21. The summed E-state index contributed by atoms with van der Waals surface area (Å²) in [5.74, 6) is 0. The molecule has 0 saturated carbocycles. The van der Waals surface area contributed by atoms with Gasteiger partial charge in [-0.3, -0.25) is 4.98 Å². The number of nitrogens with one attached hydrogen (secondary N) is 3. The minimum atomic E-state index is -4.04. The topological polar surface area (TPSA) is 100 Å². The monoisotopic (exact) mass is 362 g/mol. The largest absolute Gasteiger partial charge is 0.380 e. The van der Waals surface area contributed by atoms with Crippen molar-refractivity contribution < 1.29 is 13.2 Å². The van der Waals surface area contributed by atoms with Crippen LogP contribution >= 0.6 is 0 Å². The number of rotatable bonds is 6. The molecule has 25 heavy (non-hydrogen) atoms. The summed E-state index contributed by atoms with van der Waals surface area (Å²) in [5, 5.41) is 5.57. The lowest BCUT2D eigenvalue weighted by molar-refractivity contribution is 0.243. The number of anilines is 1. The van der Waals surface area contributed by atoms with Gasteiger partial charge in [0.1, 0.15) is 4.90 Å². The van der Waals surface area contributed by atoms with Gasteiger partial charge in [0.05, 0.1) is 5.69 Å². The maximum absolute atomic E-state index is 12.5. The van der Waals surface area contributed by atoms with E-state index in [2.05, 4.69) is 15.6 Å². The fraction of sp³-hybridized carbons (Fsp3) is 0.294. The van der Waals surface area contributed by atoms with Gasteiger partial charge in [-0.05, 0) is 32.4 Å². The highest BCUT2D eigenvalue weighted by molar-refractivity contribution is 7.90. The minimum Gasteiger partial charge on any atom is -0.380 e. The third-order valence-corrected chi connectivity index (χ3v) is 4.64. The van der Waals surface area contributed by atoms with Crippen molar-refractivity contribution in [2.75, 3.05) is 5.32 Å². The van der Waals surface area contributed by atoms with Crippen molar-refractivity contribution in [3.05, 3.63) is 53.9 Å². The lowest BCUT2D eigenvalue weighted by Crippen LogP contribution is -2.42. The fourth-order valence-corrected chi connectivity index (χ4v) is 3.27. The van der Waals surface area contributed by atoms with Crippen molar-refractivity contribution in [1.29, 1.82) is 0 Å². The summed E-state index contributed by atoms with van der Waals surface area (Å²) in [6, 6.07) is 8.49. The number of aryl methyl sites for hydroxylation is 1. The number of hydrogen-bond acceptors (Lipinski definition) is 5. The second-order valence-electron chi connectivity index (χ2n) is 5.95. The molecule has 1 heterocycles. The van der Waals surface area contributed by atoms with Crippen molar-refractivity contribution in [3.63, 3.8) is 0 Å². The quantitative estimate of drug-likeness (QED) is 0.733. The molecule has 0 saturated heterocycles. The Morgan fingerprint density at radius 1 is 1.24 bits per heavy atom. The van der Waals surface area contributed by atoms with Crippen molar-refractivity contribution >= 4 is 21.7 Å². The highest BCUT2D eigenvalue weighted by atomic mass is 32.2. The number of urea groups is 1. The molecule has 2 rings (SSSR count). The van der Waals surface area contributed by atoms with Crippen LogP contribution in [0.1, 0.15) is 25.0 Å². The van der Waals surface area contributed by atoms with E-state index in [-0.39, 0.29) is 10.9 Å². The molecule has 0 aliphatic rings. The van der Waals surface area contributed by atoms with Crippen molar-refractivity contribution in [1.82, 2.24) is 15.0 Å². The van der Waals surface area contributed by atoms with E-state index in [0.29, 0.717) is 12.2 Å². The third kappa shape index (κ3) is 5.46. The van der Waals surface area contributed by atoms with Crippen LogP contribution in [-0.4, -0.2) is 25.5 Å². The molecule has 0 atom stereocenters. The SMILES string of the molecule is Cc1cccc(CNc2ccncc2S(=O)(=O)NC(=O)NC(C)C)c1. The summed E-state index contributed by atoms with van der Waals surface area (Å²) >= 11 is 0. The van der Waals surface area contributed by atoms with E-state index in [1.807, 2.05) is 35.9 Å². The summed E-state index contributed by atoms with van der Waals surface area (Å²) in [6.45, 7) is 5.92. The van der Waals surface area contributed by atoms with Gasteiger partial charge in [0, 0.05) is 25.0 Å². The zero-order valence-corrected chi connectivity index (χ0v) is 15.2. The van der Waals surface area contributed by atoms with Crippen molar-refractivity contribution in [3.8, 4) is 0 Å². The number of nitrogens with zero attached hydrogens (tertiary/aromatic N) is 1. The first-order valence-electron chi connectivity index (χ1n) is 7.84. The molecule has 3 N–H and O–H groups in total. The van der Waals surface area contributed by atoms with E-state index in [4.69, 9.17) is 0 Å². The predicted octanol–water partition coefficient (Wildman–Crippen LogP) is 2.40. The van der Waals surface area contributed by atoms with Crippen molar-refractivity contribution in [2.45, 2.75) is 38.3 Å². The van der Waals surface area contributed by atoms with E-state index < -0.39 is 16.1 Å². The zero-order valence-electron chi connectivity index (χ0n) is 14.4. The summed E-state index contributed by atoms with van der Waals surface area (Å²) in [5.41, 5.74) is 2.51. The number of carbonyl (C=O) groups is 1. The van der Waals surface area contributed by atoms with Gasteiger partial charge in [0.25, 0.3) is 10.0 Å². The van der Waals surface area contributed by atoms with Crippen LogP contribution in [0.3, 0.4) is 0 Å². The van der Waals surface area contributed by atoms with Gasteiger partial charge in [0.15, 0.2) is 0 Å². The standard InChI is InChI=1S/C17H22N4O3S/c1-12(2)20-17(22)21-25(23,24)16-11-18-8-7-15(16)19-10-14-6-4-5-13(3)9-14/h4-9,11-12H,10H2,1-3H3,(H,18,19)(H2,20,21,22). The van der Waals surface area contributed by atoms with Crippen LogP contribution in [0, 0.1) is 6.92 Å². The first kappa shape index (κ1) is 18.7. The number of amides is 2. The first-order chi connectivity index (χ1) is 11.8. The van der Waals surface area contributed by atoms with Crippen LogP contribution in [0.25, 0.3) is 0 Å². The molecule has 0 fully saturated rings. The molecule has 134 valence electrons. The Morgan fingerprint density at radius 2 is 2.00 bits per heavy atom. The third-order valence-electron chi connectivity index (χ3n) is 3.29. The Morgan fingerprint density at radius 3 is 2.68 bits per heavy atom. The second-order valence-corrected chi connectivity index (χ2v) is 7.60. The van der Waals surface area contributed by atoms with Gasteiger partial charge in [-0.25, -0.2) is 17.9 Å². The smallest absolute Gasteiger partial charge is 0.328 e. The predicted molar refractivity (Wildman–Crippen MR) is 96.7 cm³/mol. The average molecular weight is 362 g/mol. The van der Waals surface area contributed by atoms with E-state index in [1.54, 1.807) is 19.9 Å². The van der Waals surface area contributed by atoms with Gasteiger partial charge in [-0.1, -0.05) is 29.8 Å². The number of aromatic nitrogens is 1. The minimum absolute atomic E-state index is 0.0819. The normalized spacial score (nSPS) is 11.2. The molecule has 0 bridgehead atoms. The lowest BCUT2D eigenvalue weighted by atomic mass is 10.1. The highest BCUT2D eigenvalue weighted by Crippen LogP contribution is 2.20.